The van der Waals surface area contributed by atoms with Crippen LogP contribution in [0, 0.1) is 0 Å². The molecular weight excluding hydrogens is 448 g/mol. The number of esters is 1. The Bertz CT molecular complexity index is 1190. The van der Waals surface area contributed by atoms with Gasteiger partial charge in [-0.15, -0.1) is 0 Å². The van der Waals surface area contributed by atoms with Gasteiger partial charge in [-0.3, -0.25) is 9.59 Å². The molecule has 2 N–H and O–H groups in total. The molecule has 1 atom stereocenters. The van der Waals surface area contributed by atoms with E-state index in [1.807, 2.05) is 56.3 Å². The second-order valence-corrected chi connectivity index (χ2v) is 8.14. The summed E-state index contributed by atoms with van der Waals surface area (Å²) >= 11 is 0. The first kappa shape index (κ1) is 25.8. The highest BCUT2D eigenvalue weighted by atomic mass is 16.5. The summed E-state index contributed by atoms with van der Waals surface area (Å²) in [4.78, 5) is 37.0. The van der Waals surface area contributed by atoms with E-state index >= 15 is 0 Å². The van der Waals surface area contributed by atoms with Crippen molar-refractivity contribution in [3.8, 4) is 22.6 Å². The lowest BCUT2D eigenvalue weighted by molar-refractivity contribution is -0.144. The fourth-order valence-electron chi connectivity index (χ4n) is 3.80. The molecule has 0 aromatic heterocycles. The van der Waals surface area contributed by atoms with Gasteiger partial charge < -0.3 is 24.8 Å². The SMILES string of the molecule is CCCNc1c(NC(Cc2ccc(-c3c(OC)cccc3OC)cc2)C(=O)OCCC)c(=O)c1=O. The second-order valence-electron chi connectivity index (χ2n) is 8.14. The topological polar surface area (TPSA) is 103 Å². The lowest BCUT2D eigenvalue weighted by Crippen LogP contribution is -2.43. The third-order valence-electron chi connectivity index (χ3n) is 5.62. The normalized spacial score (nSPS) is 11.7. The third kappa shape index (κ3) is 5.82. The summed E-state index contributed by atoms with van der Waals surface area (Å²) in [6, 6.07) is 12.4. The standard InChI is InChI=1S/C27H32N2O6/c1-5-14-28-23-24(26(31)25(23)30)29-19(27(32)35-15-6-2)16-17-10-12-18(13-11-17)22-20(33-3)8-7-9-21(22)34-4/h7-13,19,28-29H,5-6,14-16H2,1-4H3. The van der Waals surface area contributed by atoms with Gasteiger partial charge in [-0.2, -0.15) is 0 Å². The molecule has 0 aliphatic carbocycles. The molecule has 3 aromatic carbocycles. The first-order valence-corrected chi connectivity index (χ1v) is 11.8. The molecule has 0 radical (unpaired) electrons. The van der Waals surface area contributed by atoms with Crippen LogP contribution in [-0.2, 0) is 16.0 Å². The number of hydrogen-bond donors (Lipinski definition) is 2. The largest absolute Gasteiger partial charge is 0.496 e. The summed E-state index contributed by atoms with van der Waals surface area (Å²) in [7, 11) is 3.21. The Morgan fingerprint density at radius 2 is 1.51 bits per heavy atom. The number of rotatable bonds is 13. The molecule has 0 saturated carbocycles. The first-order valence-electron chi connectivity index (χ1n) is 11.8. The Morgan fingerprint density at radius 1 is 0.886 bits per heavy atom. The van der Waals surface area contributed by atoms with Crippen molar-refractivity contribution in [2.75, 3.05) is 38.0 Å². The monoisotopic (exact) mass is 480 g/mol. The maximum Gasteiger partial charge on any atom is 0.328 e. The van der Waals surface area contributed by atoms with Crippen molar-refractivity contribution < 1.29 is 19.0 Å². The van der Waals surface area contributed by atoms with Crippen LogP contribution in [0.15, 0.2) is 52.1 Å². The maximum atomic E-state index is 12.8. The minimum absolute atomic E-state index is 0.136. The van der Waals surface area contributed by atoms with E-state index in [1.54, 1.807) is 14.2 Å². The molecule has 3 rings (SSSR count). The van der Waals surface area contributed by atoms with Gasteiger partial charge in [0.1, 0.15) is 28.9 Å². The van der Waals surface area contributed by atoms with Crippen molar-refractivity contribution in [2.45, 2.75) is 39.2 Å². The number of ether oxygens (including phenoxy) is 3. The summed E-state index contributed by atoms with van der Waals surface area (Å²) in [6.45, 7) is 4.69. The van der Waals surface area contributed by atoms with Crippen LogP contribution >= 0.6 is 0 Å². The Morgan fingerprint density at radius 3 is 2.09 bits per heavy atom. The third-order valence-corrected chi connectivity index (χ3v) is 5.62. The van der Waals surface area contributed by atoms with Crippen molar-refractivity contribution in [1.82, 2.24) is 0 Å². The van der Waals surface area contributed by atoms with Crippen molar-refractivity contribution >= 4 is 17.3 Å². The van der Waals surface area contributed by atoms with Gasteiger partial charge in [0.2, 0.25) is 0 Å². The number of carbonyl (C=O) groups excluding carboxylic acids is 1. The molecule has 0 bridgehead atoms. The summed E-state index contributed by atoms with van der Waals surface area (Å²) in [5, 5.41) is 5.93. The predicted octanol–water partition coefficient (Wildman–Crippen LogP) is 3.77. The number of hydrogen-bond acceptors (Lipinski definition) is 8. The van der Waals surface area contributed by atoms with Gasteiger partial charge in [-0.05, 0) is 36.1 Å². The maximum absolute atomic E-state index is 12.8. The van der Waals surface area contributed by atoms with E-state index in [4.69, 9.17) is 14.2 Å². The van der Waals surface area contributed by atoms with Crippen molar-refractivity contribution in [1.29, 1.82) is 0 Å². The van der Waals surface area contributed by atoms with Gasteiger partial charge >= 0.3 is 5.97 Å². The van der Waals surface area contributed by atoms with E-state index in [-0.39, 0.29) is 24.4 Å². The van der Waals surface area contributed by atoms with Gasteiger partial charge in [-0.1, -0.05) is 44.2 Å². The quantitative estimate of drug-likeness (QED) is 0.282. The van der Waals surface area contributed by atoms with Crippen LogP contribution in [0.2, 0.25) is 0 Å². The summed E-state index contributed by atoms with van der Waals surface area (Å²) in [5.74, 6) is 0.899. The van der Waals surface area contributed by atoms with Crippen molar-refractivity contribution in [2.24, 2.45) is 0 Å². The highest BCUT2D eigenvalue weighted by molar-refractivity contribution is 5.84. The lowest BCUT2D eigenvalue weighted by Gasteiger charge is -2.22. The van der Waals surface area contributed by atoms with Gasteiger partial charge in [0.15, 0.2) is 0 Å². The minimum Gasteiger partial charge on any atom is -0.496 e. The fraction of sp³-hybridized carbons (Fsp3) is 0.370. The van der Waals surface area contributed by atoms with E-state index < -0.39 is 22.9 Å². The van der Waals surface area contributed by atoms with Gasteiger partial charge in [0.05, 0.1) is 26.4 Å². The average Bonchev–Trinajstić information content (AvgIpc) is 2.90. The van der Waals surface area contributed by atoms with Crippen LogP contribution in [0.4, 0.5) is 11.4 Å². The molecule has 8 nitrogen and oxygen atoms in total. The van der Waals surface area contributed by atoms with E-state index in [0.29, 0.717) is 24.5 Å². The van der Waals surface area contributed by atoms with Crippen LogP contribution in [-0.4, -0.2) is 39.4 Å². The fourth-order valence-corrected chi connectivity index (χ4v) is 3.80. The van der Waals surface area contributed by atoms with Crippen molar-refractivity contribution in [3.63, 3.8) is 0 Å². The molecule has 0 spiro atoms. The van der Waals surface area contributed by atoms with Gasteiger partial charge in [-0.25, -0.2) is 4.79 Å². The molecular formula is C27H32N2O6. The molecule has 1 unspecified atom stereocenters. The number of nitrogens with one attached hydrogen (secondary N) is 2. The Balaban J connectivity index is 1.85. The zero-order valence-corrected chi connectivity index (χ0v) is 20.6. The van der Waals surface area contributed by atoms with E-state index in [2.05, 4.69) is 10.6 Å². The zero-order chi connectivity index (χ0) is 25.4. The molecule has 35 heavy (non-hydrogen) atoms. The van der Waals surface area contributed by atoms with Gasteiger partial charge in [0.25, 0.3) is 10.9 Å². The van der Waals surface area contributed by atoms with Gasteiger partial charge in [0, 0.05) is 13.0 Å². The van der Waals surface area contributed by atoms with E-state index in [0.717, 1.165) is 23.1 Å². The first-order chi connectivity index (χ1) is 16.9. The molecule has 0 heterocycles. The summed E-state index contributed by atoms with van der Waals surface area (Å²) < 4.78 is 16.4. The number of methoxy groups -OCH3 is 2. The van der Waals surface area contributed by atoms with Crippen LogP contribution in [0.3, 0.4) is 0 Å². The predicted molar refractivity (Wildman–Crippen MR) is 137 cm³/mol. The Kier molecular flexibility index (Phi) is 8.89. The number of benzene rings is 2. The minimum atomic E-state index is -0.821. The second kappa shape index (κ2) is 12.1. The molecule has 0 fully saturated rings. The molecule has 0 aliphatic heterocycles. The van der Waals surface area contributed by atoms with Crippen molar-refractivity contribution in [3.05, 3.63) is 68.5 Å². The van der Waals surface area contributed by atoms with E-state index in [9.17, 15) is 14.4 Å². The summed E-state index contributed by atoms with van der Waals surface area (Å²) in [6.07, 6.45) is 1.75. The number of anilines is 2. The lowest BCUT2D eigenvalue weighted by atomic mass is 9.99. The highest BCUT2D eigenvalue weighted by Gasteiger charge is 2.27. The molecule has 0 amide bonds. The van der Waals surface area contributed by atoms with Crippen LogP contribution in [0.1, 0.15) is 32.3 Å². The van der Waals surface area contributed by atoms with Crippen LogP contribution in [0.5, 0.6) is 11.5 Å². The molecule has 0 saturated heterocycles. The smallest absolute Gasteiger partial charge is 0.328 e. The Labute approximate surface area is 204 Å². The molecule has 8 heteroatoms. The molecule has 0 aliphatic rings. The molecule has 3 aromatic rings. The average molecular weight is 481 g/mol. The number of carbonyl (C=O) groups is 1. The summed E-state index contributed by atoms with van der Waals surface area (Å²) in [5.41, 5.74) is 1.75. The highest BCUT2D eigenvalue weighted by Crippen LogP contribution is 2.38. The van der Waals surface area contributed by atoms with Crippen LogP contribution in [0.25, 0.3) is 11.1 Å². The molecule has 186 valence electrons. The van der Waals surface area contributed by atoms with Crippen LogP contribution < -0.4 is 31.0 Å². The zero-order valence-electron chi connectivity index (χ0n) is 20.6. The Hall–Kier alpha value is -3.81. The van der Waals surface area contributed by atoms with E-state index in [1.165, 1.54) is 0 Å².